The van der Waals surface area contributed by atoms with Crippen LogP contribution in [-0.2, 0) is 9.57 Å². The number of carbonyl (C=O) groups excluding carboxylic acids is 1. The smallest absolute Gasteiger partial charge is 0.332 e. The number of carbonyl (C=O) groups is 1. The molecule has 2 rings (SSSR count). The highest BCUT2D eigenvalue weighted by molar-refractivity contribution is 5.75. The van der Waals surface area contributed by atoms with Crippen LogP contribution in [0.5, 0.6) is 0 Å². The summed E-state index contributed by atoms with van der Waals surface area (Å²) in [6.45, 7) is 7.29. The summed E-state index contributed by atoms with van der Waals surface area (Å²) in [4.78, 5) is 19.2. The van der Waals surface area contributed by atoms with Crippen LogP contribution in [0, 0.1) is 0 Å². The zero-order valence-corrected chi connectivity index (χ0v) is 13.7. The van der Waals surface area contributed by atoms with Gasteiger partial charge in [0, 0.05) is 38.8 Å². The van der Waals surface area contributed by atoms with Crippen molar-refractivity contribution in [2.75, 3.05) is 26.8 Å². The van der Waals surface area contributed by atoms with E-state index in [9.17, 15) is 4.79 Å². The second kappa shape index (κ2) is 8.33. The number of piperidine rings is 1. The number of hydrazine groups is 1. The number of oxime groups is 1. The van der Waals surface area contributed by atoms with Gasteiger partial charge in [0.05, 0.1) is 12.7 Å². The molecule has 7 heteroatoms. The molecule has 2 saturated heterocycles. The van der Waals surface area contributed by atoms with E-state index >= 15 is 0 Å². The Morgan fingerprint density at radius 3 is 2.64 bits per heavy atom. The van der Waals surface area contributed by atoms with E-state index in [4.69, 9.17) is 9.57 Å². The summed E-state index contributed by atoms with van der Waals surface area (Å²) >= 11 is 0. The largest absolute Gasteiger partial charge is 0.396 e. The number of ether oxygens (including phenoxy) is 1. The molecule has 0 aromatic heterocycles. The molecule has 0 radical (unpaired) electrons. The third-order valence-electron chi connectivity index (χ3n) is 4.51. The molecular weight excluding hydrogens is 284 g/mol. The number of nitrogens with zero attached hydrogens (tertiary/aromatic N) is 3. The summed E-state index contributed by atoms with van der Waals surface area (Å²) in [6, 6.07) is 0.640. The van der Waals surface area contributed by atoms with Crippen LogP contribution >= 0.6 is 0 Å². The maximum Gasteiger partial charge on any atom is 0.332 e. The molecule has 0 saturated carbocycles. The fraction of sp³-hybridized carbons (Fsp3) is 0.867. The number of rotatable bonds is 8. The van der Waals surface area contributed by atoms with E-state index in [-0.39, 0.29) is 12.1 Å². The van der Waals surface area contributed by atoms with Gasteiger partial charge in [-0.1, -0.05) is 6.92 Å². The van der Waals surface area contributed by atoms with Crippen LogP contribution in [0.2, 0.25) is 0 Å². The number of amides is 2. The van der Waals surface area contributed by atoms with Gasteiger partial charge in [0.2, 0.25) is 0 Å². The van der Waals surface area contributed by atoms with Crippen LogP contribution in [-0.4, -0.2) is 67.7 Å². The molecule has 22 heavy (non-hydrogen) atoms. The minimum absolute atomic E-state index is 0.0285. The Bertz CT molecular complexity index is 366. The molecule has 1 N–H and O–H groups in total. The molecule has 2 fully saturated rings. The van der Waals surface area contributed by atoms with Gasteiger partial charge in [0.15, 0.2) is 0 Å². The lowest BCUT2D eigenvalue weighted by atomic mass is 10.00. The molecule has 2 aliphatic heterocycles. The molecule has 3 atom stereocenters. The van der Waals surface area contributed by atoms with Crippen molar-refractivity contribution >= 4 is 12.7 Å². The second-order valence-electron chi connectivity index (χ2n) is 6.00. The zero-order valence-electron chi connectivity index (χ0n) is 13.7. The van der Waals surface area contributed by atoms with Crippen LogP contribution in [0.25, 0.3) is 0 Å². The van der Waals surface area contributed by atoms with Crippen molar-refractivity contribution in [3.63, 3.8) is 0 Å². The van der Waals surface area contributed by atoms with Crippen molar-refractivity contribution in [3.05, 3.63) is 0 Å². The van der Waals surface area contributed by atoms with Crippen molar-refractivity contribution in [2.45, 2.75) is 57.2 Å². The summed E-state index contributed by atoms with van der Waals surface area (Å²) < 4.78 is 5.93. The summed E-state index contributed by atoms with van der Waals surface area (Å²) in [5, 5.41) is 5.17. The quantitative estimate of drug-likeness (QED) is 0.420. The zero-order chi connectivity index (χ0) is 15.9. The Labute approximate surface area is 132 Å². The lowest BCUT2D eigenvalue weighted by Gasteiger charge is -2.39. The van der Waals surface area contributed by atoms with Gasteiger partial charge in [-0.05, 0) is 25.7 Å². The molecule has 126 valence electrons. The van der Waals surface area contributed by atoms with Crippen LogP contribution < -0.4 is 5.43 Å². The lowest BCUT2D eigenvalue weighted by Crippen LogP contribution is -2.55. The van der Waals surface area contributed by atoms with Crippen LogP contribution in [0.3, 0.4) is 0 Å². The Hall–Kier alpha value is -1.34. The topological polar surface area (TPSA) is 66.4 Å². The van der Waals surface area contributed by atoms with E-state index in [0.717, 1.165) is 38.6 Å². The number of fused-ring (bicyclic) bond motifs is 2. The standard InChI is InChI=1S/C15H28N4O3/c1-4-18(3)17-15(20)19-12-6-7-13(19)11-14(10-12)21-8-5-9-22-16-2/h12-14H,2,4-11H2,1,3H3,(H,17,20)/t12-,13+,14?. The predicted molar refractivity (Wildman–Crippen MR) is 84.6 cm³/mol. The van der Waals surface area contributed by atoms with E-state index in [1.54, 1.807) is 0 Å². The molecule has 1 unspecified atom stereocenters. The Balaban J connectivity index is 1.76. The first-order chi connectivity index (χ1) is 10.7. The normalized spacial score (nSPS) is 27.0. The predicted octanol–water partition coefficient (Wildman–Crippen LogP) is 1.60. The molecule has 0 spiro atoms. The maximum absolute atomic E-state index is 12.4. The number of urea groups is 1. The molecule has 2 amide bonds. The average molecular weight is 312 g/mol. The molecule has 2 heterocycles. The average Bonchev–Trinajstić information content (AvgIpc) is 2.78. The minimum atomic E-state index is 0.0285. The summed E-state index contributed by atoms with van der Waals surface area (Å²) in [6.07, 6.45) is 5.09. The van der Waals surface area contributed by atoms with Crippen LogP contribution in [0.4, 0.5) is 4.79 Å². The van der Waals surface area contributed by atoms with E-state index in [1.165, 1.54) is 0 Å². The van der Waals surface area contributed by atoms with Gasteiger partial charge < -0.3 is 14.5 Å². The van der Waals surface area contributed by atoms with Gasteiger partial charge in [-0.2, -0.15) is 0 Å². The van der Waals surface area contributed by atoms with Crippen molar-refractivity contribution in [2.24, 2.45) is 5.16 Å². The van der Waals surface area contributed by atoms with Crippen molar-refractivity contribution in [1.82, 2.24) is 15.3 Å². The van der Waals surface area contributed by atoms with Crippen molar-refractivity contribution in [3.8, 4) is 0 Å². The van der Waals surface area contributed by atoms with E-state index in [0.29, 0.717) is 25.3 Å². The SMILES string of the molecule is C=NOCCCOC1C[C@H]2CC[C@@H](C1)N2C(=O)NN(C)CC. The van der Waals surface area contributed by atoms with Gasteiger partial charge in [0.1, 0.15) is 6.61 Å². The Kier molecular flexibility index (Phi) is 6.45. The third-order valence-corrected chi connectivity index (χ3v) is 4.51. The highest BCUT2D eigenvalue weighted by Gasteiger charge is 2.43. The Morgan fingerprint density at radius 2 is 2.05 bits per heavy atom. The second-order valence-corrected chi connectivity index (χ2v) is 6.00. The lowest BCUT2D eigenvalue weighted by molar-refractivity contribution is -0.0171. The Morgan fingerprint density at radius 1 is 1.36 bits per heavy atom. The molecular formula is C15H28N4O3. The molecule has 0 aliphatic carbocycles. The van der Waals surface area contributed by atoms with Gasteiger partial charge in [0.25, 0.3) is 0 Å². The van der Waals surface area contributed by atoms with Crippen LogP contribution in [0.1, 0.15) is 39.0 Å². The minimum Gasteiger partial charge on any atom is -0.396 e. The van der Waals surface area contributed by atoms with E-state index in [1.807, 2.05) is 23.9 Å². The van der Waals surface area contributed by atoms with Gasteiger partial charge in [-0.25, -0.2) is 9.80 Å². The molecule has 2 aliphatic rings. The van der Waals surface area contributed by atoms with Crippen molar-refractivity contribution in [1.29, 1.82) is 0 Å². The molecule has 0 aromatic rings. The first kappa shape index (κ1) is 17.0. The third kappa shape index (κ3) is 4.33. The van der Waals surface area contributed by atoms with Gasteiger partial charge in [-0.3, -0.25) is 5.43 Å². The molecule has 0 aromatic carbocycles. The fourth-order valence-corrected chi connectivity index (χ4v) is 3.33. The number of hydrogen-bond donors (Lipinski definition) is 1. The van der Waals surface area contributed by atoms with Gasteiger partial charge >= 0.3 is 6.03 Å². The first-order valence-electron chi connectivity index (χ1n) is 8.15. The highest BCUT2D eigenvalue weighted by Crippen LogP contribution is 2.36. The molecule has 7 nitrogen and oxygen atoms in total. The molecule has 2 bridgehead atoms. The monoisotopic (exact) mass is 312 g/mol. The van der Waals surface area contributed by atoms with E-state index in [2.05, 4.69) is 17.3 Å². The first-order valence-corrected chi connectivity index (χ1v) is 8.15. The summed E-state index contributed by atoms with van der Waals surface area (Å²) in [5.74, 6) is 0. The summed E-state index contributed by atoms with van der Waals surface area (Å²) in [7, 11) is 1.88. The van der Waals surface area contributed by atoms with Gasteiger partial charge in [-0.15, -0.1) is 5.16 Å². The van der Waals surface area contributed by atoms with Crippen LogP contribution in [0.15, 0.2) is 5.16 Å². The summed E-state index contributed by atoms with van der Waals surface area (Å²) in [5.41, 5.74) is 2.93. The fourth-order valence-electron chi connectivity index (χ4n) is 3.33. The number of hydrogen-bond acceptors (Lipinski definition) is 5. The highest BCUT2D eigenvalue weighted by atomic mass is 16.6. The number of nitrogens with one attached hydrogen (secondary N) is 1. The van der Waals surface area contributed by atoms with E-state index < -0.39 is 0 Å². The van der Waals surface area contributed by atoms with Crippen molar-refractivity contribution < 1.29 is 14.4 Å². The maximum atomic E-state index is 12.4.